The van der Waals surface area contributed by atoms with Crippen LogP contribution < -0.4 is 10.9 Å². The molecular weight excluding hydrogens is 382 g/mol. The zero-order valence-electron chi connectivity index (χ0n) is 17.0. The number of hydrogen-bond acceptors (Lipinski definition) is 5. The third-order valence-electron chi connectivity index (χ3n) is 5.29. The van der Waals surface area contributed by atoms with Crippen LogP contribution >= 0.6 is 0 Å². The Labute approximate surface area is 174 Å². The van der Waals surface area contributed by atoms with Gasteiger partial charge in [0.2, 0.25) is 0 Å². The summed E-state index contributed by atoms with van der Waals surface area (Å²) in [7, 11) is 0. The summed E-state index contributed by atoms with van der Waals surface area (Å²) in [5, 5.41) is 2.84. The van der Waals surface area contributed by atoms with Gasteiger partial charge in [0.1, 0.15) is 5.56 Å². The highest BCUT2D eigenvalue weighted by molar-refractivity contribution is 6.05. The van der Waals surface area contributed by atoms with Crippen molar-refractivity contribution in [1.29, 1.82) is 0 Å². The van der Waals surface area contributed by atoms with Gasteiger partial charge in [-0.15, -0.1) is 0 Å². The molecule has 1 aliphatic rings. The highest BCUT2D eigenvalue weighted by Gasteiger charge is 2.17. The van der Waals surface area contributed by atoms with Crippen LogP contribution in [-0.4, -0.2) is 57.8 Å². The molecule has 8 heteroatoms. The van der Waals surface area contributed by atoms with Gasteiger partial charge in [-0.2, -0.15) is 0 Å². The SMILES string of the molecule is Cc1ccn(CCN2CCOCC2)c(=O)c1C(=O)Nc1ccc(-n2ccnc2)cc1. The van der Waals surface area contributed by atoms with Crippen LogP contribution in [0.2, 0.25) is 0 Å². The van der Waals surface area contributed by atoms with Gasteiger partial charge >= 0.3 is 0 Å². The van der Waals surface area contributed by atoms with Gasteiger partial charge in [-0.25, -0.2) is 4.98 Å². The number of nitrogens with one attached hydrogen (secondary N) is 1. The Morgan fingerprint density at radius 2 is 1.87 bits per heavy atom. The number of morpholine rings is 1. The fourth-order valence-corrected chi connectivity index (χ4v) is 3.51. The number of anilines is 1. The normalized spacial score (nSPS) is 14.6. The van der Waals surface area contributed by atoms with Gasteiger partial charge in [-0.3, -0.25) is 14.5 Å². The third kappa shape index (κ3) is 4.50. The number of pyridine rings is 1. The number of benzene rings is 1. The molecule has 1 amide bonds. The Bertz CT molecular complexity index is 1050. The fraction of sp³-hybridized carbons (Fsp3) is 0.318. The van der Waals surface area contributed by atoms with E-state index >= 15 is 0 Å². The van der Waals surface area contributed by atoms with Crippen LogP contribution in [0, 0.1) is 6.92 Å². The van der Waals surface area contributed by atoms with E-state index in [1.54, 1.807) is 30.2 Å². The second kappa shape index (κ2) is 9.06. The van der Waals surface area contributed by atoms with E-state index in [9.17, 15) is 9.59 Å². The molecule has 2 aromatic heterocycles. The number of hydrogen-bond donors (Lipinski definition) is 1. The van der Waals surface area contributed by atoms with E-state index in [-0.39, 0.29) is 11.1 Å². The van der Waals surface area contributed by atoms with Gasteiger partial charge in [-0.05, 0) is 42.8 Å². The molecule has 0 bridgehead atoms. The molecule has 0 spiro atoms. The van der Waals surface area contributed by atoms with Crippen molar-refractivity contribution in [2.45, 2.75) is 13.5 Å². The average Bonchev–Trinajstić information content (AvgIpc) is 3.29. The highest BCUT2D eigenvalue weighted by atomic mass is 16.5. The quantitative estimate of drug-likeness (QED) is 0.675. The largest absolute Gasteiger partial charge is 0.379 e. The second-order valence-electron chi connectivity index (χ2n) is 7.30. The van der Waals surface area contributed by atoms with Gasteiger partial charge in [0.15, 0.2) is 0 Å². The van der Waals surface area contributed by atoms with Crippen molar-refractivity contribution in [3.63, 3.8) is 0 Å². The molecule has 1 N–H and O–H groups in total. The summed E-state index contributed by atoms with van der Waals surface area (Å²) in [6, 6.07) is 9.20. The summed E-state index contributed by atoms with van der Waals surface area (Å²) in [6.45, 7) is 6.24. The highest BCUT2D eigenvalue weighted by Crippen LogP contribution is 2.14. The number of carbonyl (C=O) groups excluding carboxylic acids is 1. The Balaban J connectivity index is 1.47. The van der Waals surface area contributed by atoms with Crippen LogP contribution in [0.25, 0.3) is 5.69 Å². The zero-order valence-corrected chi connectivity index (χ0v) is 17.0. The Morgan fingerprint density at radius 3 is 2.57 bits per heavy atom. The Hall–Kier alpha value is -3.23. The van der Waals surface area contributed by atoms with Gasteiger partial charge in [0.25, 0.3) is 11.5 Å². The second-order valence-corrected chi connectivity index (χ2v) is 7.30. The van der Waals surface area contributed by atoms with E-state index in [1.165, 1.54) is 0 Å². The molecule has 8 nitrogen and oxygen atoms in total. The first-order chi connectivity index (χ1) is 14.6. The summed E-state index contributed by atoms with van der Waals surface area (Å²) in [5.74, 6) is -0.395. The van der Waals surface area contributed by atoms with Crippen molar-refractivity contribution in [2.24, 2.45) is 0 Å². The Kier molecular flexibility index (Phi) is 6.06. The van der Waals surface area contributed by atoms with Crippen molar-refractivity contribution in [2.75, 3.05) is 38.2 Å². The lowest BCUT2D eigenvalue weighted by Crippen LogP contribution is -2.40. The van der Waals surface area contributed by atoms with Gasteiger partial charge in [0, 0.05) is 56.1 Å². The number of aryl methyl sites for hydroxylation is 1. The van der Waals surface area contributed by atoms with Gasteiger partial charge < -0.3 is 19.2 Å². The van der Waals surface area contributed by atoms with E-state index < -0.39 is 5.91 Å². The number of aromatic nitrogens is 3. The monoisotopic (exact) mass is 407 g/mol. The molecule has 3 aromatic rings. The predicted octanol–water partition coefficient (Wildman–Crippen LogP) is 1.93. The van der Waals surface area contributed by atoms with Crippen LogP contribution in [0.4, 0.5) is 5.69 Å². The maximum Gasteiger partial charge on any atom is 0.263 e. The summed E-state index contributed by atoms with van der Waals surface area (Å²) >= 11 is 0. The molecule has 0 unspecified atom stereocenters. The van der Waals surface area contributed by atoms with E-state index in [2.05, 4.69) is 15.2 Å². The first-order valence-corrected chi connectivity index (χ1v) is 10.0. The molecule has 1 aliphatic heterocycles. The Morgan fingerprint density at radius 1 is 1.10 bits per heavy atom. The number of rotatable bonds is 6. The van der Waals surface area contributed by atoms with E-state index in [1.807, 2.05) is 41.1 Å². The molecule has 0 atom stereocenters. The van der Waals surface area contributed by atoms with E-state index in [4.69, 9.17) is 4.74 Å². The van der Waals surface area contributed by atoms with Crippen molar-refractivity contribution in [1.82, 2.24) is 19.0 Å². The molecule has 30 heavy (non-hydrogen) atoms. The molecule has 1 saturated heterocycles. The summed E-state index contributed by atoms with van der Waals surface area (Å²) in [4.78, 5) is 32.1. The molecule has 3 heterocycles. The van der Waals surface area contributed by atoms with Crippen LogP contribution in [0.3, 0.4) is 0 Å². The minimum Gasteiger partial charge on any atom is -0.379 e. The number of nitrogens with zero attached hydrogens (tertiary/aromatic N) is 4. The van der Waals surface area contributed by atoms with E-state index in [0.29, 0.717) is 17.8 Å². The van der Waals surface area contributed by atoms with Crippen molar-refractivity contribution < 1.29 is 9.53 Å². The van der Waals surface area contributed by atoms with Crippen LogP contribution in [-0.2, 0) is 11.3 Å². The lowest BCUT2D eigenvalue weighted by atomic mass is 10.1. The molecule has 1 aromatic carbocycles. The smallest absolute Gasteiger partial charge is 0.263 e. The van der Waals surface area contributed by atoms with Gasteiger partial charge in [-0.1, -0.05) is 0 Å². The predicted molar refractivity (Wildman–Crippen MR) is 114 cm³/mol. The molecule has 4 rings (SSSR count). The van der Waals surface area contributed by atoms with E-state index in [0.717, 1.165) is 38.5 Å². The third-order valence-corrected chi connectivity index (χ3v) is 5.29. The first-order valence-electron chi connectivity index (χ1n) is 10.0. The van der Waals surface area contributed by atoms with Crippen LogP contribution in [0.1, 0.15) is 15.9 Å². The number of amides is 1. The molecule has 0 saturated carbocycles. The lowest BCUT2D eigenvalue weighted by molar-refractivity contribution is 0.0363. The van der Waals surface area contributed by atoms with Gasteiger partial charge in [0.05, 0.1) is 19.5 Å². The minimum atomic E-state index is -0.395. The molecule has 1 fully saturated rings. The van der Waals surface area contributed by atoms with Crippen LogP contribution in [0.5, 0.6) is 0 Å². The standard InChI is InChI=1S/C22H25N5O3/c1-17-6-8-26(11-10-25-12-14-30-15-13-25)22(29)20(17)21(28)24-18-2-4-19(5-3-18)27-9-7-23-16-27/h2-9,16H,10-15H2,1H3,(H,24,28). The summed E-state index contributed by atoms with van der Waals surface area (Å²) in [6.07, 6.45) is 7.02. The molecular formula is C22H25N5O3. The lowest BCUT2D eigenvalue weighted by Gasteiger charge is -2.26. The van der Waals surface area contributed by atoms with Crippen molar-refractivity contribution in [3.05, 3.63) is 76.7 Å². The zero-order chi connectivity index (χ0) is 20.9. The van der Waals surface area contributed by atoms with Crippen LogP contribution in [0.15, 0.2) is 60.0 Å². The molecule has 0 aliphatic carbocycles. The summed E-state index contributed by atoms with van der Waals surface area (Å²) < 4.78 is 8.84. The molecule has 156 valence electrons. The van der Waals surface area contributed by atoms with Crippen molar-refractivity contribution in [3.8, 4) is 5.69 Å². The number of imidazole rings is 1. The first kappa shape index (κ1) is 20.1. The molecule has 0 radical (unpaired) electrons. The summed E-state index contributed by atoms with van der Waals surface area (Å²) in [5.41, 5.74) is 2.14. The maximum atomic E-state index is 13.0. The topological polar surface area (TPSA) is 81.4 Å². The maximum absolute atomic E-state index is 13.0. The van der Waals surface area contributed by atoms with Crippen molar-refractivity contribution >= 4 is 11.6 Å². The number of ether oxygens (including phenoxy) is 1. The average molecular weight is 407 g/mol. The fourth-order valence-electron chi connectivity index (χ4n) is 3.51. The minimum absolute atomic E-state index is 0.179. The number of carbonyl (C=O) groups is 1.